The summed E-state index contributed by atoms with van der Waals surface area (Å²) < 4.78 is 93.1. The first-order valence-electron chi connectivity index (χ1n) is 14.1. The summed E-state index contributed by atoms with van der Waals surface area (Å²) in [5.74, 6) is -0.802. The molecule has 1 saturated heterocycles. The van der Waals surface area contributed by atoms with Gasteiger partial charge in [0.1, 0.15) is 5.76 Å². The van der Waals surface area contributed by atoms with Crippen molar-refractivity contribution in [2.24, 2.45) is 5.92 Å². The smallest absolute Gasteiger partial charge is 0.416 e. The Labute approximate surface area is 252 Å². The van der Waals surface area contributed by atoms with E-state index in [1.54, 1.807) is 0 Å². The van der Waals surface area contributed by atoms with E-state index in [1.165, 1.54) is 0 Å². The van der Waals surface area contributed by atoms with Crippen molar-refractivity contribution >= 4 is 5.76 Å². The lowest BCUT2D eigenvalue weighted by Gasteiger charge is -2.30. The number of hydrogen-bond donors (Lipinski definition) is 0. The number of ether oxygens (including phenoxy) is 2. The van der Waals surface area contributed by atoms with Gasteiger partial charge in [-0.15, -0.1) is 0 Å². The van der Waals surface area contributed by atoms with Gasteiger partial charge < -0.3 is 9.47 Å². The molecule has 3 unspecified atom stereocenters. The minimum absolute atomic E-state index is 0.0830. The van der Waals surface area contributed by atoms with Gasteiger partial charge in [0, 0.05) is 31.1 Å². The van der Waals surface area contributed by atoms with E-state index in [1.807, 2.05) is 66.7 Å². The van der Waals surface area contributed by atoms with Crippen LogP contribution in [0, 0.1) is 5.92 Å². The summed E-state index contributed by atoms with van der Waals surface area (Å²) >= 11 is 0. The molecule has 1 aliphatic heterocycles. The molecule has 9 heteroatoms. The maximum atomic E-state index is 13.5. The Kier molecular flexibility index (Phi) is 9.46. The van der Waals surface area contributed by atoms with Gasteiger partial charge >= 0.3 is 12.4 Å². The number of alkyl halides is 6. The molecular weight excluding hydrogens is 580 g/mol. The summed E-state index contributed by atoms with van der Waals surface area (Å²) in [5.41, 5.74) is -0.147. The van der Waals surface area contributed by atoms with E-state index in [0.29, 0.717) is 31.8 Å². The number of benzene rings is 4. The Bertz CT molecular complexity index is 1450. The second-order valence-corrected chi connectivity index (χ2v) is 10.9. The number of rotatable bonds is 10. The van der Waals surface area contributed by atoms with Crippen LogP contribution in [0.2, 0.25) is 0 Å². The van der Waals surface area contributed by atoms with Gasteiger partial charge in [-0.1, -0.05) is 97.6 Å². The fourth-order valence-electron chi connectivity index (χ4n) is 5.55. The molecular formula is C35H31F6NO2. The molecule has 0 aliphatic carbocycles. The summed E-state index contributed by atoms with van der Waals surface area (Å²) in [7, 11) is 0. The maximum absolute atomic E-state index is 13.5. The van der Waals surface area contributed by atoms with Gasteiger partial charge in [-0.2, -0.15) is 26.3 Å². The molecule has 3 nitrogen and oxygen atoms in total. The third-order valence-corrected chi connectivity index (χ3v) is 7.62. The Morgan fingerprint density at radius 3 is 1.68 bits per heavy atom. The average Bonchev–Trinajstić information content (AvgIpc) is 3.39. The van der Waals surface area contributed by atoms with E-state index in [2.05, 4.69) is 35.7 Å². The first kappa shape index (κ1) is 31.3. The molecule has 0 N–H and O–H groups in total. The molecule has 0 amide bonds. The van der Waals surface area contributed by atoms with Crippen LogP contribution in [0.15, 0.2) is 116 Å². The fraction of sp³-hybridized carbons (Fsp3) is 0.257. The van der Waals surface area contributed by atoms with Crippen molar-refractivity contribution in [3.8, 4) is 0 Å². The zero-order chi connectivity index (χ0) is 31.3. The second kappa shape index (κ2) is 13.3. The molecule has 4 aromatic rings. The maximum Gasteiger partial charge on any atom is 0.416 e. The van der Waals surface area contributed by atoms with Crippen LogP contribution in [0.25, 0.3) is 5.76 Å². The molecule has 4 aromatic carbocycles. The zero-order valence-electron chi connectivity index (χ0n) is 23.7. The van der Waals surface area contributed by atoms with Gasteiger partial charge in [0.25, 0.3) is 0 Å². The molecule has 5 rings (SSSR count). The summed E-state index contributed by atoms with van der Waals surface area (Å²) in [5, 5.41) is 0. The predicted molar refractivity (Wildman–Crippen MR) is 156 cm³/mol. The molecule has 44 heavy (non-hydrogen) atoms. The first-order valence-corrected chi connectivity index (χ1v) is 14.1. The lowest BCUT2D eigenvalue weighted by atomic mass is 9.87. The predicted octanol–water partition coefficient (Wildman–Crippen LogP) is 9.17. The third kappa shape index (κ3) is 7.89. The van der Waals surface area contributed by atoms with Crippen molar-refractivity contribution in [2.75, 3.05) is 13.2 Å². The van der Waals surface area contributed by atoms with Crippen molar-refractivity contribution in [1.29, 1.82) is 0 Å². The van der Waals surface area contributed by atoms with Crippen LogP contribution in [0.1, 0.15) is 39.3 Å². The highest BCUT2D eigenvalue weighted by atomic mass is 19.4. The quantitative estimate of drug-likeness (QED) is 0.132. The van der Waals surface area contributed by atoms with E-state index >= 15 is 0 Å². The monoisotopic (exact) mass is 611 g/mol. The Morgan fingerprint density at radius 2 is 1.20 bits per heavy atom. The molecule has 1 heterocycles. The van der Waals surface area contributed by atoms with Crippen LogP contribution in [0.5, 0.6) is 0 Å². The van der Waals surface area contributed by atoms with Crippen LogP contribution >= 0.6 is 0 Å². The largest absolute Gasteiger partial charge is 0.464 e. The van der Waals surface area contributed by atoms with Crippen LogP contribution in [0.4, 0.5) is 26.3 Å². The highest BCUT2D eigenvalue weighted by Gasteiger charge is 2.42. The summed E-state index contributed by atoms with van der Waals surface area (Å²) in [6.45, 7) is 5.91. The van der Waals surface area contributed by atoms with Gasteiger partial charge in [0.05, 0.1) is 23.7 Å². The molecule has 230 valence electrons. The Balaban J connectivity index is 1.42. The highest BCUT2D eigenvalue weighted by molar-refractivity contribution is 5.60. The zero-order valence-corrected chi connectivity index (χ0v) is 23.7. The third-order valence-electron chi connectivity index (χ3n) is 7.62. The van der Waals surface area contributed by atoms with Crippen molar-refractivity contribution in [1.82, 2.24) is 4.90 Å². The van der Waals surface area contributed by atoms with E-state index in [0.717, 1.165) is 16.7 Å². The number of halogens is 6. The van der Waals surface area contributed by atoms with Crippen LogP contribution in [-0.2, 0) is 34.9 Å². The van der Waals surface area contributed by atoms with Crippen molar-refractivity contribution in [3.05, 3.63) is 149 Å². The van der Waals surface area contributed by atoms with Gasteiger partial charge in [0.15, 0.2) is 0 Å². The minimum Gasteiger partial charge on any atom is -0.464 e. The van der Waals surface area contributed by atoms with Crippen molar-refractivity contribution in [2.45, 2.75) is 37.7 Å². The van der Waals surface area contributed by atoms with E-state index in [-0.39, 0.29) is 30.3 Å². The minimum atomic E-state index is -4.99. The van der Waals surface area contributed by atoms with Gasteiger partial charge in [0.2, 0.25) is 6.29 Å². The Hall–Kier alpha value is -4.08. The van der Waals surface area contributed by atoms with Crippen LogP contribution in [-0.4, -0.2) is 24.3 Å². The van der Waals surface area contributed by atoms with Gasteiger partial charge in [-0.05, 0) is 34.9 Å². The molecule has 0 spiro atoms. The van der Waals surface area contributed by atoms with Gasteiger partial charge in [-0.25, -0.2) is 0 Å². The van der Waals surface area contributed by atoms with E-state index in [9.17, 15) is 26.3 Å². The molecule has 0 radical (unpaired) electrons. The average molecular weight is 612 g/mol. The molecule has 3 atom stereocenters. The lowest BCUT2D eigenvalue weighted by Crippen LogP contribution is -2.33. The van der Waals surface area contributed by atoms with Crippen LogP contribution < -0.4 is 0 Å². The highest BCUT2D eigenvalue weighted by Crippen LogP contribution is 2.41. The van der Waals surface area contributed by atoms with Crippen molar-refractivity contribution < 1.29 is 35.8 Å². The number of hydrogen-bond acceptors (Lipinski definition) is 3. The standard InChI is InChI=1S/C35H31F6NO2/c1-24(28-17-30(34(36,37)38)19-31(18-28)35(39,40)41)44-33-32(27-15-9-4-10-16-27)29(23-43-33)22-42(20-25-11-5-2-6-12-25)21-26-13-7-3-8-14-26/h2-19,29,32-33H,1,20-23H2. The van der Waals surface area contributed by atoms with Gasteiger partial charge in [-0.3, -0.25) is 4.90 Å². The topological polar surface area (TPSA) is 21.7 Å². The van der Waals surface area contributed by atoms with Crippen LogP contribution in [0.3, 0.4) is 0 Å². The molecule has 1 fully saturated rings. The number of nitrogens with zero attached hydrogens (tertiary/aromatic N) is 1. The molecule has 0 bridgehead atoms. The molecule has 1 aliphatic rings. The lowest BCUT2D eigenvalue weighted by molar-refractivity contribution is -0.143. The summed E-state index contributed by atoms with van der Waals surface area (Å²) in [6, 6.07) is 30.8. The Morgan fingerprint density at radius 1 is 0.727 bits per heavy atom. The summed E-state index contributed by atoms with van der Waals surface area (Å²) in [6.07, 6.45) is -11.0. The summed E-state index contributed by atoms with van der Waals surface area (Å²) in [4.78, 5) is 2.30. The molecule has 0 aromatic heterocycles. The second-order valence-electron chi connectivity index (χ2n) is 10.9. The first-order chi connectivity index (χ1) is 21.0. The van der Waals surface area contributed by atoms with E-state index in [4.69, 9.17) is 9.47 Å². The normalized spacial score (nSPS) is 18.8. The van der Waals surface area contributed by atoms with E-state index < -0.39 is 35.3 Å². The van der Waals surface area contributed by atoms with Crippen molar-refractivity contribution in [3.63, 3.8) is 0 Å². The SMILES string of the molecule is C=C(OC1OCC(CN(Cc2ccccc2)Cc2ccccc2)C1c1ccccc1)c1cc(C(F)(F)F)cc(C(F)(F)F)c1. The fourth-order valence-corrected chi connectivity index (χ4v) is 5.55. The molecule has 0 saturated carbocycles.